The van der Waals surface area contributed by atoms with Crippen molar-refractivity contribution >= 4 is 28.9 Å². The first kappa shape index (κ1) is 22.5. The number of halogens is 2. The molecule has 0 fully saturated rings. The highest BCUT2D eigenvalue weighted by Crippen LogP contribution is 2.27. The minimum Gasteiger partial charge on any atom is -0.391 e. The number of hydrogen-bond acceptors (Lipinski definition) is 7. The zero-order valence-corrected chi connectivity index (χ0v) is 18.5. The predicted molar refractivity (Wildman–Crippen MR) is 116 cm³/mol. The average Bonchev–Trinajstić information content (AvgIpc) is 3.20. The zero-order valence-electron chi connectivity index (χ0n) is 17.0. The Hall–Kier alpha value is -3.17. The fourth-order valence-electron chi connectivity index (χ4n) is 3.17. The van der Waals surface area contributed by atoms with Gasteiger partial charge in [-0.15, -0.1) is 10.1 Å². The Morgan fingerprint density at radius 1 is 1.23 bits per heavy atom. The predicted octanol–water partition coefficient (Wildman–Crippen LogP) is 4.84. The number of nitrogens with zero attached hydrogens (tertiary/aromatic N) is 5. The third-order valence-electron chi connectivity index (χ3n) is 4.52. The molecule has 162 valence electrons. The van der Waals surface area contributed by atoms with Crippen molar-refractivity contribution < 1.29 is 14.8 Å². The number of hydrogen-bond donors (Lipinski definition) is 0. The summed E-state index contributed by atoms with van der Waals surface area (Å²) in [6.07, 6.45) is 1.11. The molecule has 0 spiro atoms. The Kier molecular flexibility index (Phi) is 7.09. The zero-order chi connectivity index (χ0) is 22.5. The van der Waals surface area contributed by atoms with Crippen LogP contribution in [-0.4, -0.2) is 25.6 Å². The van der Waals surface area contributed by atoms with Gasteiger partial charge in [-0.05, 0) is 55.7 Å². The first-order chi connectivity index (χ1) is 14.8. The lowest BCUT2D eigenvalue weighted by Gasteiger charge is -2.18. The molecule has 0 aliphatic carbocycles. The van der Waals surface area contributed by atoms with Crippen LogP contribution in [0.3, 0.4) is 0 Å². The van der Waals surface area contributed by atoms with Gasteiger partial charge in [-0.2, -0.15) is 5.10 Å². The largest absolute Gasteiger partial charge is 0.391 e. The minimum atomic E-state index is -1.38. The lowest BCUT2D eigenvalue weighted by Crippen LogP contribution is -2.27. The molecule has 0 radical (unpaired) electrons. The van der Waals surface area contributed by atoms with E-state index in [2.05, 4.69) is 15.2 Å². The molecule has 3 rings (SSSR count). The van der Waals surface area contributed by atoms with Crippen LogP contribution in [0.4, 0.5) is 0 Å². The van der Waals surface area contributed by atoms with E-state index in [1.807, 2.05) is 32.9 Å². The molecule has 1 aromatic heterocycles. The third kappa shape index (κ3) is 5.50. The summed E-state index contributed by atoms with van der Waals surface area (Å²) in [6.45, 7) is 6.12. The molecule has 1 unspecified atom stereocenters. The van der Waals surface area contributed by atoms with Crippen molar-refractivity contribution in [3.8, 4) is 0 Å². The van der Waals surface area contributed by atoms with Gasteiger partial charge in [-0.1, -0.05) is 46.1 Å². The summed E-state index contributed by atoms with van der Waals surface area (Å²) in [4.78, 5) is 25.4. The van der Waals surface area contributed by atoms with E-state index >= 15 is 0 Å². The molecule has 1 atom stereocenters. The molecule has 0 aliphatic rings. The van der Waals surface area contributed by atoms with Crippen molar-refractivity contribution in [2.75, 3.05) is 0 Å². The Morgan fingerprint density at radius 3 is 2.52 bits per heavy atom. The summed E-state index contributed by atoms with van der Waals surface area (Å²) in [5.74, 6) is 0. The normalized spacial score (nSPS) is 12.5. The highest BCUT2D eigenvalue weighted by molar-refractivity contribution is 6.37. The second-order valence-electron chi connectivity index (χ2n) is 6.81. The van der Waals surface area contributed by atoms with Crippen molar-refractivity contribution in [2.24, 2.45) is 5.16 Å². The molecule has 9 nitrogen and oxygen atoms in total. The van der Waals surface area contributed by atoms with Gasteiger partial charge in [-0.25, -0.2) is 9.67 Å². The maximum Gasteiger partial charge on any atom is 0.297 e. The Labute approximate surface area is 188 Å². The van der Waals surface area contributed by atoms with E-state index in [1.54, 1.807) is 12.1 Å². The van der Waals surface area contributed by atoms with E-state index in [4.69, 9.17) is 32.9 Å². The van der Waals surface area contributed by atoms with Crippen LogP contribution in [0.15, 0.2) is 48.1 Å². The summed E-state index contributed by atoms with van der Waals surface area (Å²) in [6, 6.07) is 8.73. The first-order valence-electron chi connectivity index (χ1n) is 9.13. The van der Waals surface area contributed by atoms with Crippen molar-refractivity contribution in [3.05, 3.63) is 91.0 Å². The molecule has 11 heteroatoms. The molecular formula is C20H19Cl2N5O4. The van der Waals surface area contributed by atoms with Crippen LogP contribution < -0.4 is 0 Å². The van der Waals surface area contributed by atoms with Crippen molar-refractivity contribution in [2.45, 2.75) is 33.6 Å². The van der Waals surface area contributed by atoms with Crippen LogP contribution in [0.2, 0.25) is 10.0 Å². The molecule has 3 aromatic rings. The quantitative estimate of drug-likeness (QED) is 0.269. The van der Waals surface area contributed by atoms with Crippen LogP contribution in [0.5, 0.6) is 0 Å². The van der Waals surface area contributed by atoms with Gasteiger partial charge in [0.05, 0.1) is 5.02 Å². The lowest BCUT2D eigenvalue weighted by atomic mass is 10.0. The minimum absolute atomic E-state index is 0.0336. The molecule has 31 heavy (non-hydrogen) atoms. The Balaban J connectivity index is 2.02. The van der Waals surface area contributed by atoms with Crippen LogP contribution in [0, 0.1) is 30.9 Å². The number of aryl methyl sites for hydroxylation is 3. The molecule has 0 saturated heterocycles. The van der Waals surface area contributed by atoms with Crippen molar-refractivity contribution in [3.63, 3.8) is 0 Å². The van der Waals surface area contributed by atoms with Crippen LogP contribution in [0.1, 0.15) is 34.0 Å². The van der Waals surface area contributed by atoms with Gasteiger partial charge in [-0.3, -0.25) is 4.84 Å². The van der Waals surface area contributed by atoms with E-state index in [-0.39, 0.29) is 17.3 Å². The van der Waals surface area contributed by atoms with E-state index in [0.29, 0.717) is 10.6 Å². The van der Waals surface area contributed by atoms with E-state index < -0.39 is 11.3 Å². The molecule has 0 amide bonds. The lowest BCUT2D eigenvalue weighted by molar-refractivity contribution is -0.770. The van der Waals surface area contributed by atoms with Gasteiger partial charge >= 0.3 is 0 Å². The maximum absolute atomic E-state index is 11.2. The van der Waals surface area contributed by atoms with Crippen LogP contribution in [-0.2, 0) is 16.3 Å². The van der Waals surface area contributed by atoms with E-state index in [1.165, 1.54) is 18.7 Å². The SMILES string of the molecule is Cc1cc(C)c(CO/N=C(\c2ccc(Cl)cc2Cl)C(O[N+](=O)[O-])n2cncn2)c(C)c1. The van der Waals surface area contributed by atoms with E-state index in [9.17, 15) is 10.1 Å². The summed E-state index contributed by atoms with van der Waals surface area (Å²) >= 11 is 12.3. The van der Waals surface area contributed by atoms with Gasteiger partial charge in [0, 0.05) is 10.6 Å². The Bertz CT molecular complexity index is 1100. The van der Waals surface area contributed by atoms with Crippen LogP contribution in [0.25, 0.3) is 0 Å². The second kappa shape index (κ2) is 9.76. The van der Waals surface area contributed by atoms with Gasteiger partial charge in [0.25, 0.3) is 5.09 Å². The summed E-state index contributed by atoms with van der Waals surface area (Å²) < 4.78 is 1.14. The number of aromatic nitrogens is 3. The number of benzene rings is 2. The summed E-state index contributed by atoms with van der Waals surface area (Å²) in [7, 11) is 0. The first-order valence-corrected chi connectivity index (χ1v) is 9.89. The van der Waals surface area contributed by atoms with Gasteiger partial charge in [0.15, 0.2) is 0 Å². The third-order valence-corrected chi connectivity index (χ3v) is 5.06. The van der Waals surface area contributed by atoms with Crippen molar-refractivity contribution in [1.82, 2.24) is 14.8 Å². The van der Waals surface area contributed by atoms with Crippen LogP contribution >= 0.6 is 23.2 Å². The Morgan fingerprint density at radius 2 is 1.94 bits per heavy atom. The standard InChI is InChI=1S/C20H19Cl2N5O4/c1-12-6-13(2)17(14(3)7-12)9-30-25-19(16-5-4-15(21)8-18(16)22)20(31-27(28)29)26-11-23-10-24-26/h4-8,10-11,20H,9H2,1-3H3/b25-19+. The van der Waals surface area contributed by atoms with E-state index in [0.717, 1.165) is 26.9 Å². The summed E-state index contributed by atoms with van der Waals surface area (Å²) in [5, 5.41) is 18.9. The van der Waals surface area contributed by atoms with Gasteiger partial charge in [0.2, 0.25) is 6.23 Å². The number of rotatable bonds is 8. The highest BCUT2D eigenvalue weighted by atomic mass is 35.5. The fourth-order valence-corrected chi connectivity index (χ4v) is 3.68. The molecule has 0 bridgehead atoms. The van der Waals surface area contributed by atoms with Crippen molar-refractivity contribution in [1.29, 1.82) is 0 Å². The molecular weight excluding hydrogens is 445 g/mol. The molecule has 2 aromatic carbocycles. The maximum atomic E-state index is 11.2. The molecule has 0 aliphatic heterocycles. The number of oxime groups is 1. The fraction of sp³-hybridized carbons (Fsp3) is 0.250. The topological polar surface area (TPSA) is 105 Å². The molecule has 0 saturated carbocycles. The van der Waals surface area contributed by atoms with Gasteiger partial charge in [0.1, 0.15) is 25.0 Å². The smallest absolute Gasteiger partial charge is 0.297 e. The molecule has 1 heterocycles. The highest BCUT2D eigenvalue weighted by Gasteiger charge is 2.27. The average molecular weight is 464 g/mol. The second-order valence-corrected chi connectivity index (χ2v) is 7.65. The monoisotopic (exact) mass is 463 g/mol. The summed E-state index contributed by atoms with van der Waals surface area (Å²) in [5.41, 5.74) is 4.57. The van der Waals surface area contributed by atoms with Gasteiger partial charge < -0.3 is 4.84 Å². The molecule has 0 N–H and O–H groups in total.